The van der Waals surface area contributed by atoms with E-state index in [1.165, 1.54) is 55.3 Å². The van der Waals surface area contributed by atoms with Gasteiger partial charge in [0.05, 0.1) is 36.7 Å². The van der Waals surface area contributed by atoms with Gasteiger partial charge in [0.15, 0.2) is 0 Å². The molecule has 252 valence electrons. The molecule has 8 rings (SSSR count). The molecule has 4 N–H and O–H groups in total. The Bertz CT molecular complexity index is 2090. The Kier molecular flexibility index (Phi) is 13.3. The Hall–Kier alpha value is -3.75. The Morgan fingerprint density at radius 1 is 0.680 bits per heavy atom. The number of hydrogen-bond acceptors (Lipinski definition) is 8. The summed E-state index contributed by atoms with van der Waals surface area (Å²) < 4.78 is 7.56. The zero-order valence-electron chi connectivity index (χ0n) is 26.9. The molecule has 12 nitrogen and oxygen atoms in total. The summed E-state index contributed by atoms with van der Waals surface area (Å²) in [5.41, 5.74) is 28.2. The minimum atomic E-state index is -0.995. The number of aromatic amines is 2. The maximum absolute atomic E-state index is 10.9. The van der Waals surface area contributed by atoms with E-state index in [4.69, 9.17) is 21.4 Å². The van der Waals surface area contributed by atoms with Gasteiger partial charge in [0.2, 0.25) is 12.2 Å². The second-order valence-electron chi connectivity index (χ2n) is 11.3. The fourth-order valence-corrected chi connectivity index (χ4v) is 7.58. The number of aromatic nitrogens is 4. The first-order valence-corrected chi connectivity index (χ1v) is 17.0. The van der Waals surface area contributed by atoms with Gasteiger partial charge in [0, 0.05) is 22.5 Å². The van der Waals surface area contributed by atoms with E-state index in [1.54, 1.807) is 0 Å². The van der Waals surface area contributed by atoms with Crippen molar-refractivity contribution >= 4 is 63.3 Å². The minimum Gasteiger partial charge on any atom is -0.632 e. The Morgan fingerprint density at radius 3 is 1.66 bits per heavy atom. The summed E-state index contributed by atoms with van der Waals surface area (Å²) in [5, 5.41) is 2.59. The van der Waals surface area contributed by atoms with E-state index >= 15 is 0 Å². The Balaban J connectivity index is 0.000000416. The number of rotatable bonds is 4. The maximum atomic E-state index is 10.9. The molecule has 2 heterocycles. The average molecular weight is 782 g/mol. The van der Waals surface area contributed by atoms with Crippen molar-refractivity contribution < 1.29 is 65.8 Å². The van der Waals surface area contributed by atoms with Crippen molar-refractivity contribution in [2.24, 2.45) is 0 Å². The molecule has 3 aliphatic rings. The number of amides is 2. The number of hydrogen-bond donors (Lipinski definition) is 2. The average Bonchev–Trinajstić information content (AvgIpc) is 3.71. The predicted molar refractivity (Wildman–Crippen MR) is 188 cm³/mol. The number of carbonyl (C=O) groups excluding carboxylic acids is 4. The van der Waals surface area contributed by atoms with Gasteiger partial charge < -0.3 is 40.5 Å². The number of nitrogens with one attached hydrogen (secondary N) is 4. The molecule has 2 atom stereocenters. The van der Waals surface area contributed by atoms with Crippen LogP contribution in [-0.2, 0) is 94.7 Å². The summed E-state index contributed by atoms with van der Waals surface area (Å²) in [6.07, 6.45) is 3.78. The SMILES string of the molecule is COC([NH-])=O.COC([NH-])=O.O=[C-]Pc1nc2c([nH]1)CCc1cc3c(cc1-2)CCc1c-3ccc2cc3c(cc12)CCc1[nH]c(P[C-]=O)nc1-3.[V+2].[V+2]. The molecule has 2 aromatic heterocycles. The number of benzene rings is 3. The molecule has 0 bridgehead atoms. The van der Waals surface area contributed by atoms with E-state index in [0.29, 0.717) is 0 Å². The minimum absolute atomic E-state index is 0. The monoisotopic (exact) mass is 782 g/mol. The van der Waals surface area contributed by atoms with Gasteiger partial charge >= 0.3 is 37.1 Å². The zero-order chi connectivity index (χ0) is 33.9. The van der Waals surface area contributed by atoms with Crippen molar-refractivity contribution in [3.8, 4) is 33.6 Å². The third kappa shape index (κ3) is 7.92. The quantitative estimate of drug-likeness (QED) is 0.166. The predicted octanol–water partition coefficient (Wildman–Crippen LogP) is 5.93. The van der Waals surface area contributed by atoms with E-state index < -0.39 is 12.2 Å². The number of fused-ring (bicyclic) bond motifs is 11. The number of nitrogens with zero attached hydrogens (tertiary/aromatic N) is 2. The summed E-state index contributed by atoms with van der Waals surface area (Å²) >= 11 is 0. The number of imidazole rings is 2. The number of ether oxygens (including phenoxy) is 2. The molecule has 3 aliphatic carbocycles. The molecule has 50 heavy (non-hydrogen) atoms. The third-order valence-electron chi connectivity index (χ3n) is 8.68. The van der Waals surface area contributed by atoms with Crippen LogP contribution >= 0.6 is 17.2 Å². The van der Waals surface area contributed by atoms with Crippen LogP contribution in [0.25, 0.3) is 55.9 Å². The second-order valence-corrected chi connectivity index (χ2v) is 13.1. The molecule has 0 aliphatic heterocycles. The summed E-state index contributed by atoms with van der Waals surface area (Å²) in [5.74, 6) is 0. The van der Waals surface area contributed by atoms with E-state index in [2.05, 4.69) is 55.8 Å². The number of H-pyrrole nitrogens is 2. The van der Waals surface area contributed by atoms with Crippen molar-refractivity contribution in [3.05, 3.63) is 81.5 Å². The zero-order valence-corrected chi connectivity index (χ0v) is 31.7. The number of carbonyl (C=O) groups is 2. The van der Waals surface area contributed by atoms with Crippen molar-refractivity contribution in [1.29, 1.82) is 0 Å². The summed E-state index contributed by atoms with van der Waals surface area (Å²) in [6.45, 7) is 0. The van der Waals surface area contributed by atoms with Crippen molar-refractivity contribution in [2.45, 2.75) is 38.5 Å². The Labute approximate surface area is 315 Å². The first-order valence-electron chi connectivity index (χ1n) is 15.0. The van der Waals surface area contributed by atoms with Gasteiger partial charge in [-0.15, -0.1) is 0 Å². The molecule has 0 saturated carbocycles. The van der Waals surface area contributed by atoms with Gasteiger partial charge in [-0.2, -0.15) is 17.2 Å². The maximum Gasteiger partial charge on any atom is 2.00 e. The van der Waals surface area contributed by atoms with Gasteiger partial charge in [0.25, 0.3) is 0 Å². The molecule has 3 aromatic carbocycles. The molecule has 2 radical (unpaired) electrons. The van der Waals surface area contributed by atoms with E-state index in [-0.39, 0.29) is 54.3 Å². The topological polar surface area (TPSA) is 192 Å². The summed E-state index contributed by atoms with van der Waals surface area (Å²) in [7, 11) is 2.22. The van der Waals surface area contributed by atoms with Gasteiger partial charge in [-0.25, -0.2) is 22.0 Å². The van der Waals surface area contributed by atoms with Crippen LogP contribution < -0.4 is 11.1 Å². The third-order valence-corrected chi connectivity index (χ3v) is 9.84. The van der Waals surface area contributed by atoms with Crippen LogP contribution in [0.15, 0.2) is 36.4 Å². The number of aryl methyl sites for hydroxylation is 6. The van der Waals surface area contributed by atoms with Gasteiger partial charge in [-0.1, -0.05) is 24.3 Å². The van der Waals surface area contributed by atoms with Gasteiger partial charge in [0.1, 0.15) is 0 Å². The molecule has 2 unspecified atom stereocenters. The molecular formula is C34H30N6O6P2V2. The smallest absolute Gasteiger partial charge is 0.632 e. The van der Waals surface area contributed by atoms with Crippen molar-refractivity contribution in [1.82, 2.24) is 19.9 Å². The molecule has 2 amide bonds. The second kappa shape index (κ2) is 17.0. The summed E-state index contributed by atoms with van der Waals surface area (Å²) in [6, 6.07) is 17.9. The fourth-order valence-electron chi connectivity index (χ4n) is 6.62. The summed E-state index contributed by atoms with van der Waals surface area (Å²) in [4.78, 5) is 56.5. The van der Waals surface area contributed by atoms with Gasteiger partial charge in [-0.3, -0.25) is 9.59 Å². The van der Waals surface area contributed by atoms with E-state index in [0.717, 1.165) is 86.7 Å². The van der Waals surface area contributed by atoms with E-state index in [1.807, 2.05) is 12.1 Å². The first kappa shape index (κ1) is 39.0. The standard InChI is InChI=1S/C30H22N4O2P2.2C2H5NO2.2V/c35-13-37-29-31-25-7-3-17-9-21-15(11-23(17)27(25)33-29)1-5-19-20(21)6-2-16-12-24-18(10-22(16)19)4-8-26-28(24)34-30(32-26)38-14-36;2*1-5-2(3)4;;/h1,5,9-12,37-38H,2-4,6-8H2,(H,31,33)(H,32,34);2*1H3,(H2,3,4);;/q-2;;;2*+2/p-2. The molecule has 5 aromatic rings. The van der Waals surface area contributed by atoms with E-state index in [9.17, 15) is 19.2 Å². The van der Waals surface area contributed by atoms with Crippen LogP contribution in [0, 0.1) is 0 Å². The first-order chi connectivity index (χ1) is 23.2. The normalized spacial score (nSPS) is 12.9. The number of methoxy groups -OCH3 is 2. The van der Waals surface area contributed by atoms with Crippen LogP contribution in [0.3, 0.4) is 0 Å². The molecular weight excluding hydrogens is 752 g/mol. The van der Waals surface area contributed by atoms with Crippen LogP contribution in [-0.4, -0.2) is 58.4 Å². The fraction of sp³-hybridized carbons (Fsp3) is 0.235. The van der Waals surface area contributed by atoms with Crippen LogP contribution in [0.2, 0.25) is 0 Å². The molecule has 0 saturated heterocycles. The van der Waals surface area contributed by atoms with Crippen LogP contribution in [0.5, 0.6) is 0 Å². The van der Waals surface area contributed by atoms with Crippen LogP contribution in [0.1, 0.15) is 33.6 Å². The largest absolute Gasteiger partial charge is 2.00 e. The van der Waals surface area contributed by atoms with Crippen molar-refractivity contribution in [2.75, 3.05) is 14.2 Å². The van der Waals surface area contributed by atoms with Gasteiger partial charge in [-0.05, 0) is 94.8 Å². The Morgan fingerprint density at radius 2 is 1.14 bits per heavy atom. The molecule has 0 fully saturated rings. The molecule has 16 heteroatoms. The van der Waals surface area contributed by atoms with Crippen LogP contribution in [0.4, 0.5) is 9.59 Å². The van der Waals surface area contributed by atoms with Crippen molar-refractivity contribution in [3.63, 3.8) is 0 Å². The molecule has 0 spiro atoms.